The fourth-order valence-electron chi connectivity index (χ4n) is 2.72. The van der Waals surface area contributed by atoms with Gasteiger partial charge in [0.1, 0.15) is 0 Å². The zero-order chi connectivity index (χ0) is 13.7. The van der Waals surface area contributed by atoms with Crippen LogP contribution in [0.5, 0.6) is 0 Å². The molecule has 0 aliphatic heterocycles. The molecule has 1 aromatic rings. The van der Waals surface area contributed by atoms with E-state index >= 15 is 0 Å². The number of thiazole rings is 1. The maximum atomic E-state index is 9.65. The van der Waals surface area contributed by atoms with Crippen LogP contribution in [0.2, 0.25) is 0 Å². The minimum Gasteiger partial charge on any atom is -0.393 e. The van der Waals surface area contributed by atoms with Gasteiger partial charge >= 0.3 is 0 Å². The number of nitrogens with zero attached hydrogens (tertiary/aromatic N) is 1. The van der Waals surface area contributed by atoms with Crippen molar-refractivity contribution in [1.29, 1.82) is 0 Å². The van der Waals surface area contributed by atoms with Gasteiger partial charge in [-0.25, -0.2) is 4.98 Å². The lowest BCUT2D eigenvalue weighted by atomic mass is 9.87. The first-order chi connectivity index (χ1) is 9.13. The fourth-order valence-corrected chi connectivity index (χ4v) is 3.83. The van der Waals surface area contributed by atoms with Crippen LogP contribution in [0.4, 0.5) is 0 Å². The molecule has 2 atom stereocenters. The highest BCUT2D eigenvalue weighted by atomic mass is 32.1. The first kappa shape index (κ1) is 14.9. The van der Waals surface area contributed by atoms with Gasteiger partial charge < -0.3 is 10.4 Å². The summed E-state index contributed by atoms with van der Waals surface area (Å²) in [6.45, 7) is 6.40. The summed E-state index contributed by atoms with van der Waals surface area (Å²) in [5.74, 6) is 1.32. The highest BCUT2D eigenvalue weighted by Crippen LogP contribution is 2.23. The molecular weight excluding hydrogens is 256 g/mol. The summed E-state index contributed by atoms with van der Waals surface area (Å²) < 4.78 is 0. The molecule has 1 saturated carbocycles. The number of hydrogen-bond donors (Lipinski definition) is 2. The van der Waals surface area contributed by atoms with E-state index in [-0.39, 0.29) is 6.10 Å². The maximum Gasteiger partial charge on any atom is 0.0930 e. The number of hydrogen-bond acceptors (Lipinski definition) is 4. The molecule has 19 heavy (non-hydrogen) atoms. The summed E-state index contributed by atoms with van der Waals surface area (Å²) in [5, 5.41) is 14.4. The van der Waals surface area contributed by atoms with E-state index < -0.39 is 0 Å². The second kappa shape index (κ2) is 7.36. The molecule has 0 bridgehead atoms. The largest absolute Gasteiger partial charge is 0.393 e. The van der Waals surface area contributed by atoms with Crippen LogP contribution in [0.1, 0.15) is 49.4 Å². The summed E-state index contributed by atoms with van der Waals surface area (Å²) in [7, 11) is 0. The van der Waals surface area contributed by atoms with Crippen molar-refractivity contribution in [2.24, 2.45) is 11.8 Å². The van der Waals surface area contributed by atoms with Crippen LogP contribution in [-0.4, -0.2) is 22.7 Å². The normalized spacial score (nSPS) is 24.0. The van der Waals surface area contributed by atoms with Crippen molar-refractivity contribution in [3.05, 3.63) is 16.1 Å². The Hall–Kier alpha value is -0.450. The van der Waals surface area contributed by atoms with Gasteiger partial charge in [-0.1, -0.05) is 20.3 Å². The van der Waals surface area contributed by atoms with Gasteiger partial charge in [0.05, 0.1) is 11.1 Å². The molecule has 0 saturated heterocycles. The maximum absolute atomic E-state index is 9.65. The van der Waals surface area contributed by atoms with Gasteiger partial charge in [-0.05, 0) is 37.6 Å². The van der Waals surface area contributed by atoms with Crippen LogP contribution in [0.15, 0.2) is 6.20 Å². The van der Waals surface area contributed by atoms with Crippen molar-refractivity contribution in [3.8, 4) is 0 Å². The van der Waals surface area contributed by atoms with Gasteiger partial charge in [-0.3, -0.25) is 0 Å². The Morgan fingerprint density at radius 2 is 2.32 bits per heavy atom. The molecule has 108 valence electrons. The first-order valence-electron chi connectivity index (χ1n) is 7.46. The van der Waals surface area contributed by atoms with Gasteiger partial charge in [0.15, 0.2) is 0 Å². The minimum absolute atomic E-state index is 0.0680. The molecular formula is C15H26N2OS. The van der Waals surface area contributed by atoms with E-state index in [4.69, 9.17) is 0 Å². The van der Waals surface area contributed by atoms with Crippen molar-refractivity contribution in [2.75, 3.05) is 6.54 Å². The Morgan fingerprint density at radius 3 is 3.05 bits per heavy atom. The van der Waals surface area contributed by atoms with E-state index in [1.807, 2.05) is 17.5 Å². The third-order valence-electron chi connectivity index (χ3n) is 3.67. The Balaban J connectivity index is 1.69. The highest BCUT2D eigenvalue weighted by Gasteiger charge is 2.19. The number of aliphatic hydroxyl groups is 1. The standard InChI is InChI=1S/C15H26N2OS/c1-11(2)6-15-17-10-14(19-15)9-16-8-12-4-3-5-13(18)7-12/h10-13,16,18H,3-9H2,1-2H3. The predicted octanol–water partition coefficient (Wildman–Crippen LogP) is 2.98. The lowest BCUT2D eigenvalue weighted by molar-refractivity contribution is 0.101. The molecule has 1 aliphatic carbocycles. The first-order valence-corrected chi connectivity index (χ1v) is 8.27. The van der Waals surface area contributed by atoms with Crippen LogP contribution in [0, 0.1) is 11.8 Å². The monoisotopic (exact) mass is 282 g/mol. The molecule has 2 N–H and O–H groups in total. The lowest BCUT2D eigenvalue weighted by Crippen LogP contribution is -2.28. The molecule has 2 rings (SSSR count). The zero-order valence-electron chi connectivity index (χ0n) is 12.1. The Kier molecular flexibility index (Phi) is 5.79. The molecule has 1 fully saturated rings. The van der Waals surface area contributed by atoms with Crippen molar-refractivity contribution in [1.82, 2.24) is 10.3 Å². The molecule has 0 aromatic carbocycles. The van der Waals surface area contributed by atoms with E-state index in [0.29, 0.717) is 11.8 Å². The summed E-state index contributed by atoms with van der Waals surface area (Å²) in [6, 6.07) is 0. The quantitative estimate of drug-likeness (QED) is 0.843. The number of rotatable bonds is 6. The molecule has 4 heteroatoms. The Morgan fingerprint density at radius 1 is 1.47 bits per heavy atom. The van der Waals surface area contributed by atoms with Gasteiger partial charge in [-0.2, -0.15) is 0 Å². The fraction of sp³-hybridized carbons (Fsp3) is 0.800. The van der Waals surface area contributed by atoms with E-state index in [2.05, 4.69) is 24.1 Å². The van der Waals surface area contributed by atoms with Crippen LogP contribution in [0.25, 0.3) is 0 Å². The van der Waals surface area contributed by atoms with E-state index in [1.54, 1.807) is 0 Å². The Bertz CT molecular complexity index is 378. The van der Waals surface area contributed by atoms with Gasteiger partial charge in [0.2, 0.25) is 0 Å². The molecule has 0 amide bonds. The molecule has 3 nitrogen and oxygen atoms in total. The summed E-state index contributed by atoms with van der Waals surface area (Å²) >= 11 is 1.83. The highest BCUT2D eigenvalue weighted by molar-refractivity contribution is 7.11. The zero-order valence-corrected chi connectivity index (χ0v) is 12.9. The summed E-state index contributed by atoms with van der Waals surface area (Å²) in [5.41, 5.74) is 0. The molecule has 0 radical (unpaired) electrons. The summed E-state index contributed by atoms with van der Waals surface area (Å²) in [6.07, 6.45) is 7.40. The van der Waals surface area contributed by atoms with Crippen LogP contribution in [0.3, 0.4) is 0 Å². The summed E-state index contributed by atoms with van der Waals surface area (Å²) in [4.78, 5) is 5.80. The van der Waals surface area contributed by atoms with Crippen molar-refractivity contribution in [3.63, 3.8) is 0 Å². The van der Waals surface area contributed by atoms with Crippen molar-refractivity contribution in [2.45, 2.75) is 58.6 Å². The number of aromatic nitrogens is 1. The van der Waals surface area contributed by atoms with Crippen LogP contribution >= 0.6 is 11.3 Å². The van der Waals surface area contributed by atoms with Crippen LogP contribution < -0.4 is 5.32 Å². The van der Waals surface area contributed by atoms with Gasteiger partial charge in [-0.15, -0.1) is 11.3 Å². The van der Waals surface area contributed by atoms with Crippen molar-refractivity contribution < 1.29 is 5.11 Å². The molecule has 0 spiro atoms. The van der Waals surface area contributed by atoms with Crippen molar-refractivity contribution >= 4 is 11.3 Å². The predicted molar refractivity (Wildman–Crippen MR) is 80.3 cm³/mol. The van der Waals surface area contributed by atoms with E-state index in [0.717, 1.165) is 32.4 Å². The molecule has 1 aromatic heterocycles. The number of nitrogens with one attached hydrogen (secondary N) is 1. The second-order valence-corrected chi connectivity index (χ2v) is 7.34. The smallest absolute Gasteiger partial charge is 0.0930 e. The van der Waals surface area contributed by atoms with Gasteiger partial charge in [0.25, 0.3) is 0 Å². The molecule has 1 heterocycles. The SMILES string of the molecule is CC(C)Cc1ncc(CNCC2CCCC(O)C2)s1. The van der Waals surface area contributed by atoms with E-state index in [9.17, 15) is 5.11 Å². The second-order valence-electron chi connectivity index (χ2n) is 6.14. The average Bonchev–Trinajstić information content (AvgIpc) is 2.76. The Labute approximate surface area is 120 Å². The molecule has 2 unspecified atom stereocenters. The third kappa shape index (κ3) is 5.21. The number of aliphatic hydroxyl groups excluding tert-OH is 1. The average molecular weight is 282 g/mol. The molecule has 1 aliphatic rings. The lowest BCUT2D eigenvalue weighted by Gasteiger charge is -2.25. The van der Waals surface area contributed by atoms with Gasteiger partial charge in [0, 0.05) is 24.0 Å². The van der Waals surface area contributed by atoms with Crippen LogP contribution in [-0.2, 0) is 13.0 Å². The van der Waals surface area contributed by atoms with E-state index in [1.165, 1.54) is 22.7 Å². The third-order valence-corrected chi connectivity index (χ3v) is 4.69. The topological polar surface area (TPSA) is 45.2 Å². The minimum atomic E-state index is -0.0680.